The van der Waals surface area contributed by atoms with Gasteiger partial charge in [-0.1, -0.05) is 41.5 Å². The Kier molecular flexibility index (Phi) is 11.6. The fourth-order valence-corrected chi connectivity index (χ4v) is 7.93. The molecule has 0 bridgehead atoms. The molecule has 32 heavy (non-hydrogen) atoms. The van der Waals surface area contributed by atoms with E-state index >= 15 is 0 Å². The monoisotopic (exact) mass is 489 g/mol. The molecule has 0 saturated heterocycles. The van der Waals surface area contributed by atoms with Crippen LogP contribution in [-0.4, -0.2) is 53.6 Å². The van der Waals surface area contributed by atoms with Crippen molar-refractivity contribution in [3.05, 3.63) is 16.6 Å². The van der Waals surface area contributed by atoms with Gasteiger partial charge in [0.1, 0.15) is 0 Å². The van der Waals surface area contributed by atoms with Crippen LogP contribution in [0.15, 0.2) is 11.6 Å². The van der Waals surface area contributed by atoms with Crippen LogP contribution in [0.5, 0.6) is 0 Å². The van der Waals surface area contributed by atoms with Crippen LogP contribution in [0.25, 0.3) is 4.98 Å². The van der Waals surface area contributed by atoms with Crippen LogP contribution < -0.4 is 0 Å². The maximum absolute atomic E-state index is 13.2. The van der Waals surface area contributed by atoms with Crippen LogP contribution in [0.4, 0.5) is 0 Å². The van der Waals surface area contributed by atoms with Crippen molar-refractivity contribution < 1.29 is 28.2 Å². The lowest BCUT2D eigenvalue weighted by Gasteiger charge is -2.42. The fraction of sp³-hybridized carbons (Fsp3) is 0.864. The topological polar surface area (TPSA) is 102 Å². The lowest BCUT2D eigenvalue weighted by Crippen LogP contribution is -2.55. The van der Waals surface area contributed by atoms with Crippen molar-refractivity contribution in [1.82, 2.24) is 0 Å². The number of diazo groups is 1. The molecule has 0 aliphatic heterocycles. The zero-order chi connectivity index (χ0) is 25.4. The Labute approximate surface area is 196 Å². The molecule has 0 heterocycles. The van der Waals surface area contributed by atoms with Gasteiger partial charge in [-0.3, -0.25) is 0 Å². The Hall–Kier alpha value is -1.42. The summed E-state index contributed by atoms with van der Waals surface area (Å²) in [4.78, 5) is 16.4. The number of hydrogen-bond acceptors (Lipinski definition) is 7. The van der Waals surface area contributed by atoms with Crippen molar-refractivity contribution in [2.24, 2.45) is 0 Å². The number of methoxy groups -OCH3 is 2. The van der Waals surface area contributed by atoms with Gasteiger partial charge in [-0.15, -0.1) is 0 Å². The molecular formula is C22H45N2O6Si2+. The number of carbonyl (C=O) groups excluding carboxylic acids is 1. The first-order valence-electron chi connectivity index (χ1n) is 11.4. The van der Waals surface area contributed by atoms with Gasteiger partial charge in [0.2, 0.25) is 5.39 Å². The maximum Gasteiger partial charge on any atom is 0.482 e. The van der Waals surface area contributed by atoms with Crippen LogP contribution in [0.2, 0.25) is 36.3 Å². The molecule has 0 saturated carbocycles. The minimum absolute atomic E-state index is 0.0990. The number of hydrogen-bond donors (Lipinski definition) is 1. The Morgan fingerprint density at radius 1 is 1.06 bits per heavy atom. The third-order valence-corrected chi connectivity index (χ3v) is 16.2. The summed E-state index contributed by atoms with van der Waals surface area (Å²) in [5, 5.41) is 19.9. The summed E-state index contributed by atoms with van der Waals surface area (Å²) in [5.74, 6) is -1.44. The summed E-state index contributed by atoms with van der Waals surface area (Å²) in [6, 6.07) is 3.03. The largest absolute Gasteiger partial charge is 0.482 e. The van der Waals surface area contributed by atoms with Crippen molar-refractivity contribution in [2.75, 3.05) is 14.2 Å². The molecule has 2 unspecified atom stereocenters. The van der Waals surface area contributed by atoms with E-state index < -0.39 is 39.8 Å². The predicted octanol–water partition coefficient (Wildman–Crippen LogP) is 6.34. The number of rotatable bonds is 13. The third-order valence-electron chi connectivity index (χ3n) is 6.92. The zero-order valence-electron chi connectivity index (χ0n) is 22.0. The van der Waals surface area contributed by atoms with E-state index in [1.807, 2.05) is 40.8 Å². The first kappa shape index (κ1) is 30.6. The van der Waals surface area contributed by atoms with Crippen molar-refractivity contribution in [2.45, 2.75) is 109 Å². The maximum atomic E-state index is 13.2. The highest BCUT2D eigenvalue weighted by atomic mass is 28.4. The normalized spacial score (nSPS) is 16.4. The molecule has 0 rings (SSSR count). The second kappa shape index (κ2) is 12.2. The number of ether oxygens (including phenoxy) is 2. The molecule has 0 aromatic carbocycles. The zero-order valence-corrected chi connectivity index (χ0v) is 24.0. The highest BCUT2D eigenvalue weighted by molar-refractivity contribution is 6.74. The summed E-state index contributed by atoms with van der Waals surface area (Å²) < 4.78 is 23.1. The van der Waals surface area contributed by atoms with E-state index in [0.717, 1.165) is 18.1 Å². The molecule has 0 aliphatic carbocycles. The summed E-state index contributed by atoms with van der Waals surface area (Å²) in [5.41, 5.74) is -2.23. The summed E-state index contributed by atoms with van der Waals surface area (Å²) in [6.45, 7) is 18.5. The van der Waals surface area contributed by atoms with Crippen molar-refractivity contribution in [3.8, 4) is 0 Å². The van der Waals surface area contributed by atoms with E-state index in [1.54, 1.807) is 0 Å². The van der Waals surface area contributed by atoms with E-state index in [1.165, 1.54) is 14.2 Å². The van der Waals surface area contributed by atoms with Gasteiger partial charge in [0.05, 0.1) is 14.2 Å². The van der Waals surface area contributed by atoms with Crippen molar-refractivity contribution in [3.63, 3.8) is 0 Å². The second-order valence-electron chi connectivity index (χ2n) is 9.85. The number of aliphatic hydroxyl groups is 1. The Morgan fingerprint density at radius 3 is 1.91 bits per heavy atom. The van der Waals surface area contributed by atoms with Gasteiger partial charge < -0.3 is 23.4 Å². The number of aliphatic hydroxyl groups excluding tert-OH is 1. The molecule has 0 spiro atoms. The van der Waals surface area contributed by atoms with Crippen molar-refractivity contribution >= 4 is 22.6 Å². The van der Waals surface area contributed by atoms with Crippen LogP contribution >= 0.6 is 0 Å². The van der Waals surface area contributed by atoms with E-state index in [9.17, 15) is 15.3 Å². The minimum Gasteiger partial charge on any atom is -0.475 e. The van der Waals surface area contributed by atoms with Gasteiger partial charge in [-0.05, 0) is 49.6 Å². The Balaban J connectivity index is 6.44. The average Bonchev–Trinajstić information content (AvgIpc) is 2.74. The molecule has 10 heteroatoms. The molecule has 0 aromatic heterocycles. The lowest BCUT2D eigenvalue weighted by atomic mass is 9.92. The van der Waals surface area contributed by atoms with Crippen LogP contribution in [0, 0.1) is 5.39 Å². The first-order chi connectivity index (χ1) is 14.7. The van der Waals surface area contributed by atoms with Gasteiger partial charge in [-0.25, -0.2) is 4.79 Å². The van der Waals surface area contributed by atoms with Crippen LogP contribution in [0.3, 0.4) is 0 Å². The van der Waals surface area contributed by atoms with Gasteiger partial charge in [-0.2, -0.15) is 0 Å². The SMILES string of the molecule is CC[Si](CC)(CC)OC(C)CCC(O[Si](C)(C)C(C)(C)C)(C(=O)OC)/C([N+]#N)=C(/O)OC. The molecule has 0 aromatic rings. The molecule has 0 radical (unpaired) electrons. The Bertz CT molecular complexity index is 687. The van der Waals surface area contributed by atoms with Crippen LogP contribution in [0.1, 0.15) is 61.3 Å². The minimum atomic E-state index is -2.60. The molecule has 0 amide bonds. The third kappa shape index (κ3) is 7.04. The van der Waals surface area contributed by atoms with Gasteiger partial charge >= 0.3 is 17.6 Å². The van der Waals surface area contributed by atoms with Gasteiger partial charge in [0.25, 0.3) is 5.60 Å². The Morgan fingerprint density at radius 2 is 1.56 bits per heavy atom. The summed E-state index contributed by atoms with van der Waals surface area (Å²) in [6.07, 6.45) is 0.384. The highest BCUT2D eigenvalue weighted by Gasteiger charge is 2.61. The quantitative estimate of drug-likeness (QED) is 0.139. The standard InChI is InChI=1S/C22H44N2O6Si2/c1-12-32(13-2,14-3)29-17(4)15-16-22(20(26)28-9,18(24-23)19(25)27-8)30-31(10,11)21(5,6)7/h17H,12-16H2,1-11H3/p+1/b19-18+. The fourth-order valence-electron chi connectivity index (χ4n) is 3.50. The number of esters is 1. The highest BCUT2D eigenvalue weighted by Crippen LogP contribution is 2.44. The van der Waals surface area contributed by atoms with Gasteiger partial charge in [0.15, 0.2) is 21.6 Å². The molecule has 186 valence electrons. The van der Waals surface area contributed by atoms with E-state index in [2.05, 4.69) is 25.7 Å². The molecule has 8 nitrogen and oxygen atoms in total. The first-order valence-corrected chi connectivity index (χ1v) is 16.9. The molecule has 0 fully saturated rings. The molecule has 1 N–H and O–H groups in total. The average molecular weight is 490 g/mol. The van der Waals surface area contributed by atoms with E-state index in [4.69, 9.17) is 18.3 Å². The van der Waals surface area contributed by atoms with Crippen molar-refractivity contribution in [1.29, 1.82) is 5.39 Å². The second-order valence-corrected chi connectivity index (χ2v) is 19.3. The molecule has 0 aliphatic rings. The van der Waals surface area contributed by atoms with E-state index in [-0.39, 0.29) is 17.6 Å². The van der Waals surface area contributed by atoms with Gasteiger partial charge in [0, 0.05) is 12.5 Å². The molecular weight excluding hydrogens is 444 g/mol. The summed E-state index contributed by atoms with van der Waals surface area (Å²) in [7, 11) is -1.99. The smallest absolute Gasteiger partial charge is 0.475 e. The number of carbonyl (C=O) groups is 1. The predicted molar refractivity (Wildman–Crippen MR) is 132 cm³/mol. The van der Waals surface area contributed by atoms with Crippen LogP contribution in [-0.2, 0) is 23.1 Å². The molecule has 2 atom stereocenters. The lowest BCUT2D eigenvalue weighted by molar-refractivity contribution is -0.158. The van der Waals surface area contributed by atoms with E-state index in [0.29, 0.717) is 6.42 Å². The number of nitrogens with zero attached hydrogens (tertiary/aromatic N) is 2. The summed E-state index contributed by atoms with van der Waals surface area (Å²) >= 11 is 0.